The summed E-state index contributed by atoms with van der Waals surface area (Å²) in [5, 5.41) is 0. The van der Waals surface area contributed by atoms with Gasteiger partial charge in [-0.25, -0.2) is 0 Å². The van der Waals surface area contributed by atoms with Gasteiger partial charge in [0.2, 0.25) is 0 Å². The Morgan fingerprint density at radius 2 is 2.29 bits per heavy atom. The summed E-state index contributed by atoms with van der Waals surface area (Å²) >= 11 is 0. The Morgan fingerprint density at radius 1 is 1.52 bits per heavy atom. The zero-order valence-corrected chi connectivity index (χ0v) is 13.1. The molecule has 1 aliphatic heterocycles. The molecule has 1 aromatic rings. The van der Waals surface area contributed by atoms with Gasteiger partial charge in [0.05, 0.1) is 12.7 Å². The summed E-state index contributed by atoms with van der Waals surface area (Å²) in [6.45, 7) is 5.09. The van der Waals surface area contributed by atoms with Crippen LogP contribution in [0.5, 0.6) is 5.75 Å². The summed E-state index contributed by atoms with van der Waals surface area (Å²) in [4.78, 5) is 16.7. The average Bonchev–Trinajstić information content (AvgIpc) is 2.93. The Labute approximate surface area is 126 Å². The second-order valence-corrected chi connectivity index (χ2v) is 5.56. The zero-order chi connectivity index (χ0) is 15.4. The van der Waals surface area contributed by atoms with Crippen LogP contribution < -0.4 is 10.5 Å². The van der Waals surface area contributed by atoms with Gasteiger partial charge in [-0.15, -0.1) is 0 Å². The van der Waals surface area contributed by atoms with E-state index in [0.717, 1.165) is 26.1 Å². The number of methoxy groups -OCH3 is 1. The highest BCUT2D eigenvalue weighted by Gasteiger charge is 2.26. The maximum atomic E-state index is 12.5. The molecule has 1 amide bonds. The fraction of sp³-hybridized carbons (Fsp3) is 0.562. The molecule has 5 heteroatoms. The van der Waals surface area contributed by atoms with Crippen LogP contribution in [-0.2, 0) is 0 Å². The molecule has 21 heavy (non-hydrogen) atoms. The first-order valence-corrected chi connectivity index (χ1v) is 7.49. The van der Waals surface area contributed by atoms with Crippen molar-refractivity contribution in [3.8, 4) is 5.75 Å². The highest BCUT2D eigenvalue weighted by atomic mass is 16.5. The Kier molecular flexibility index (Phi) is 5.07. The number of likely N-dealkylation sites (N-methyl/N-ethyl adjacent to an activating group) is 2. The highest BCUT2D eigenvalue weighted by molar-refractivity contribution is 5.99. The van der Waals surface area contributed by atoms with Crippen LogP contribution in [0.2, 0.25) is 0 Å². The second kappa shape index (κ2) is 6.80. The van der Waals surface area contributed by atoms with E-state index in [1.807, 2.05) is 7.05 Å². The molecule has 1 heterocycles. The number of carbonyl (C=O) groups is 1. The molecule has 116 valence electrons. The number of benzene rings is 1. The molecule has 5 nitrogen and oxygen atoms in total. The first-order chi connectivity index (χ1) is 10.1. The van der Waals surface area contributed by atoms with Crippen molar-refractivity contribution in [3.63, 3.8) is 0 Å². The van der Waals surface area contributed by atoms with Gasteiger partial charge in [0.25, 0.3) is 5.91 Å². The van der Waals surface area contributed by atoms with Crippen molar-refractivity contribution in [2.24, 2.45) is 0 Å². The smallest absolute Gasteiger partial charge is 0.255 e. The molecule has 1 aliphatic rings. The largest absolute Gasteiger partial charge is 0.497 e. The van der Waals surface area contributed by atoms with Crippen LogP contribution in [0.3, 0.4) is 0 Å². The molecule has 0 saturated carbocycles. The number of anilines is 1. The van der Waals surface area contributed by atoms with Gasteiger partial charge >= 0.3 is 0 Å². The van der Waals surface area contributed by atoms with Gasteiger partial charge in [0.1, 0.15) is 5.75 Å². The second-order valence-electron chi connectivity index (χ2n) is 5.56. The minimum Gasteiger partial charge on any atom is -0.497 e. The lowest BCUT2D eigenvalue weighted by Crippen LogP contribution is -2.41. The van der Waals surface area contributed by atoms with Crippen LogP contribution in [0.1, 0.15) is 30.1 Å². The molecule has 0 radical (unpaired) electrons. The topological polar surface area (TPSA) is 58.8 Å². The van der Waals surface area contributed by atoms with E-state index in [0.29, 0.717) is 23.0 Å². The third-order valence-corrected chi connectivity index (χ3v) is 4.23. The summed E-state index contributed by atoms with van der Waals surface area (Å²) in [5.74, 6) is 0.637. The third kappa shape index (κ3) is 3.47. The number of nitrogen functional groups attached to an aromatic ring is 1. The number of hydrogen-bond acceptors (Lipinski definition) is 4. The molecule has 0 bridgehead atoms. The predicted molar refractivity (Wildman–Crippen MR) is 84.6 cm³/mol. The molecule has 1 saturated heterocycles. The van der Waals surface area contributed by atoms with Gasteiger partial charge in [-0.1, -0.05) is 6.92 Å². The lowest BCUT2D eigenvalue weighted by Gasteiger charge is -2.28. The quantitative estimate of drug-likeness (QED) is 0.841. The summed E-state index contributed by atoms with van der Waals surface area (Å²) in [5.41, 5.74) is 6.96. The number of nitrogens with two attached hydrogens (primary N) is 1. The van der Waals surface area contributed by atoms with Crippen molar-refractivity contribution in [1.82, 2.24) is 9.80 Å². The minimum atomic E-state index is -0.0295. The van der Waals surface area contributed by atoms with E-state index in [9.17, 15) is 4.79 Å². The molecule has 0 aromatic heterocycles. The molecule has 1 unspecified atom stereocenters. The first kappa shape index (κ1) is 15.6. The van der Waals surface area contributed by atoms with E-state index >= 15 is 0 Å². The summed E-state index contributed by atoms with van der Waals surface area (Å²) < 4.78 is 5.11. The van der Waals surface area contributed by atoms with E-state index in [1.165, 1.54) is 6.42 Å². The van der Waals surface area contributed by atoms with Gasteiger partial charge in [-0.05, 0) is 38.1 Å². The van der Waals surface area contributed by atoms with Crippen LogP contribution in [0.25, 0.3) is 0 Å². The number of rotatable bonds is 5. The molecule has 1 atom stereocenters. The summed E-state index contributed by atoms with van der Waals surface area (Å²) in [6, 6.07) is 5.66. The number of ether oxygens (including phenoxy) is 1. The van der Waals surface area contributed by atoms with E-state index in [4.69, 9.17) is 10.5 Å². The van der Waals surface area contributed by atoms with Crippen LogP contribution in [0, 0.1) is 0 Å². The van der Waals surface area contributed by atoms with E-state index in [-0.39, 0.29) is 5.91 Å². The fourth-order valence-electron chi connectivity index (χ4n) is 2.99. The highest BCUT2D eigenvalue weighted by Crippen LogP contribution is 2.22. The SMILES string of the molecule is CCN1CCCC1CN(C)C(=O)c1ccc(OC)cc1N. The monoisotopic (exact) mass is 291 g/mol. The zero-order valence-electron chi connectivity index (χ0n) is 13.1. The number of carbonyl (C=O) groups excluding carboxylic acids is 1. The molecule has 1 aromatic carbocycles. The molecule has 0 spiro atoms. The molecule has 2 N–H and O–H groups in total. The van der Waals surface area contributed by atoms with E-state index < -0.39 is 0 Å². The van der Waals surface area contributed by atoms with Crippen molar-refractivity contribution in [1.29, 1.82) is 0 Å². The normalized spacial score (nSPS) is 18.7. The molecular weight excluding hydrogens is 266 g/mol. The lowest BCUT2D eigenvalue weighted by atomic mass is 10.1. The Hall–Kier alpha value is -1.75. The van der Waals surface area contributed by atoms with Crippen LogP contribution >= 0.6 is 0 Å². The van der Waals surface area contributed by atoms with Gasteiger partial charge in [-0.3, -0.25) is 9.69 Å². The minimum absolute atomic E-state index is 0.0295. The first-order valence-electron chi connectivity index (χ1n) is 7.49. The Balaban J connectivity index is 2.05. The maximum Gasteiger partial charge on any atom is 0.255 e. The van der Waals surface area contributed by atoms with Gasteiger partial charge in [0, 0.05) is 31.4 Å². The van der Waals surface area contributed by atoms with Crippen molar-refractivity contribution < 1.29 is 9.53 Å². The van der Waals surface area contributed by atoms with Crippen molar-refractivity contribution in [2.45, 2.75) is 25.8 Å². The number of nitrogens with zero attached hydrogens (tertiary/aromatic N) is 2. The molecule has 1 fully saturated rings. The van der Waals surface area contributed by atoms with Gasteiger partial charge in [-0.2, -0.15) is 0 Å². The van der Waals surface area contributed by atoms with Crippen LogP contribution in [-0.4, -0.2) is 55.5 Å². The van der Waals surface area contributed by atoms with Crippen molar-refractivity contribution >= 4 is 11.6 Å². The summed E-state index contributed by atoms with van der Waals surface area (Å²) in [6.07, 6.45) is 2.37. The van der Waals surface area contributed by atoms with Crippen molar-refractivity contribution in [3.05, 3.63) is 23.8 Å². The standard InChI is InChI=1S/C16H25N3O2/c1-4-19-9-5-6-12(19)11-18(2)16(20)14-8-7-13(21-3)10-15(14)17/h7-8,10,12H,4-6,9,11,17H2,1-3H3. The van der Waals surface area contributed by atoms with Crippen LogP contribution in [0.4, 0.5) is 5.69 Å². The summed E-state index contributed by atoms with van der Waals surface area (Å²) in [7, 11) is 3.43. The number of hydrogen-bond donors (Lipinski definition) is 1. The molecular formula is C16H25N3O2. The Bertz CT molecular complexity index is 504. The maximum absolute atomic E-state index is 12.5. The lowest BCUT2D eigenvalue weighted by molar-refractivity contribution is 0.0755. The Morgan fingerprint density at radius 3 is 2.90 bits per heavy atom. The van der Waals surface area contributed by atoms with Gasteiger partial charge in [0.15, 0.2) is 0 Å². The van der Waals surface area contributed by atoms with Crippen LogP contribution in [0.15, 0.2) is 18.2 Å². The van der Waals surface area contributed by atoms with E-state index in [1.54, 1.807) is 30.2 Å². The fourth-order valence-corrected chi connectivity index (χ4v) is 2.99. The number of amides is 1. The van der Waals surface area contributed by atoms with E-state index in [2.05, 4.69) is 11.8 Å². The number of likely N-dealkylation sites (tertiary alicyclic amines) is 1. The predicted octanol–water partition coefficient (Wildman–Crippen LogP) is 1.83. The molecule has 2 rings (SSSR count). The average molecular weight is 291 g/mol. The van der Waals surface area contributed by atoms with Gasteiger partial charge < -0.3 is 15.4 Å². The third-order valence-electron chi connectivity index (χ3n) is 4.23. The molecule has 0 aliphatic carbocycles. The van der Waals surface area contributed by atoms with Crippen molar-refractivity contribution in [2.75, 3.05) is 39.5 Å².